The lowest BCUT2D eigenvalue weighted by Gasteiger charge is -2.03. The van der Waals surface area contributed by atoms with Crippen molar-refractivity contribution in [1.82, 2.24) is 9.55 Å². The van der Waals surface area contributed by atoms with Gasteiger partial charge in [-0.25, -0.2) is 0 Å². The minimum absolute atomic E-state index is 1.00. The first-order valence-electron chi connectivity index (χ1n) is 5.99. The molecule has 2 heterocycles. The highest BCUT2D eigenvalue weighted by molar-refractivity contribution is 5.59. The summed E-state index contributed by atoms with van der Waals surface area (Å²) in [7, 11) is 0. The Morgan fingerprint density at radius 3 is 2.72 bits per heavy atom. The lowest BCUT2D eigenvalue weighted by Crippen LogP contribution is -1.89. The van der Waals surface area contributed by atoms with Crippen molar-refractivity contribution >= 4 is 0 Å². The molecule has 0 saturated carbocycles. The number of hydrogen-bond donors (Lipinski definition) is 0. The van der Waals surface area contributed by atoms with Crippen LogP contribution in [0.2, 0.25) is 0 Å². The highest BCUT2D eigenvalue weighted by Crippen LogP contribution is 2.19. The maximum absolute atomic E-state index is 4.36. The highest BCUT2D eigenvalue weighted by Gasteiger charge is 2.02. The van der Waals surface area contributed by atoms with Crippen LogP contribution in [0.1, 0.15) is 5.56 Å². The van der Waals surface area contributed by atoms with Gasteiger partial charge in [0.15, 0.2) is 0 Å². The van der Waals surface area contributed by atoms with E-state index in [9.17, 15) is 0 Å². The van der Waals surface area contributed by atoms with Gasteiger partial charge in [0, 0.05) is 29.8 Å². The SMILES string of the molecule is Cc1cccc(-n2ccc(-c3ccccn3)c2)c1. The third-order valence-electron chi connectivity index (χ3n) is 2.95. The van der Waals surface area contributed by atoms with Gasteiger partial charge in [-0.2, -0.15) is 0 Å². The monoisotopic (exact) mass is 234 g/mol. The smallest absolute Gasteiger partial charge is 0.0717 e. The second-order valence-electron chi connectivity index (χ2n) is 4.36. The molecule has 0 saturated heterocycles. The number of benzene rings is 1. The average Bonchev–Trinajstić information content (AvgIpc) is 2.89. The van der Waals surface area contributed by atoms with Gasteiger partial charge in [-0.3, -0.25) is 4.98 Å². The fourth-order valence-corrected chi connectivity index (χ4v) is 2.03. The van der Waals surface area contributed by atoms with Gasteiger partial charge in [0.2, 0.25) is 0 Å². The van der Waals surface area contributed by atoms with Crippen LogP contribution in [0.5, 0.6) is 0 Å². The zero-order valence-electron chi connectivity index (χ0n) is 10.2. The Morgan fingerprint density at radius 2 is 1.94 bits per heavy atom. The fraction of sp³-hybridized carbons (Fsp3) is 0.0625. The average molecular weight is 234 g/mol. The van der Waals surface area contributed by atoms with Crippen LogP contribution in [0.3, 0.4) is 0 Å². The molecule has 0 spiro atoms. The van der Waals surface area contributed by atoms with Crippen molar-refractivity contribution in [3.8, 4) is 16.9 Å². The number of rotatable bonds is 2. The second-order valence-corrected chi connectivity index (χ2v) is 4.36. The zero-order valence-corrected chi connectivity index (χ0v) is 10.2. The van der Waals surface area contributed by atoms with Crippen molar-refractivity contribution in [1.29, 1.82) is 0 Å². The largest absolute Gasteiger partial charge is 0.323 e. The van der Waals surface area contributed by atoms with Crippen LogP contribution in [0.25, 0.3) is 16.9 Å². The van der Waals surface area contributed by atoms with Crippen molar-refractivity contribution in [2.24, 2.45) is 0 Å². The molecule has 0 aliphatic carbocycles. The molecule has 0 fully saturated rings. The van der Waals surface area contributed by atoms with E-state index >= 15 is 0 Å². The topological polar surface area (TPSA) is 17.8 Å². The summed E-state index contributed by atoms with van der Waals surface area (Å²) in [6, 6.07) is 16.5. The van der Waals surface area contributed by atoms with Crippen molar-refractivity contribution < 1.29 is 0 Å². The number of pyridine rings is 1. The summed E-state index contributed by atoms with van der Waals surface area (Å²) in [4.78, 5) is 4.36. The first kappa shape index (κ1) is 10.8. The van der Waals surface area contributed by atoms with Crippen molar-refractivity contribution in [3.05, 3.63) is 72.7 Å². The third-order valence-corrected chi connectivity index (χ3v) is 2.95. The van der Waals surface area contributed by atoms with E-state index in [-0.39, 0.29) is 0 Å². The number of nitrogens with zero attached hydrogens (tertiary/aromatic N) is 2. The minimum Gasteiger partial charge on any atom is -0.323 e. The lowest BCUT2D eigenvalue weighted by molar-refractivity contribution is 1.08. The summed E-state index contributed by atoms with van der Waals surface area (Å²) in [5.41, 5.74) is 4.58. The van der Waals surface area contributed by atoms with E-state index in [0.29, 0.717) is 0 Å². The van der Waals surface area contributed by atoms with Gasteiger partial charge in [-0.15, -0.1) is 0 Å². The fourth-order valence-electron chi connectivity index (χ4n) is 2.03. The third kappa shape index (κ3) is 2.05. The van der Waals surface area contributed by atoms with E-state index < -0.39 is 0 Å². The van der Waals surface area contributed by atoms with Crippen molar-refractivity contribution in [2.45, 2.75) is 6.92 Å². The number of aryl methyl sites for hydroxylation is 1. The van der Waals surface area contributed by atoms with Gasteiger partial charge >= 0.3 is 0 Å². The van der Waals surface area contributed by atoms with E-state index in [1.807, 2.05) is 24.4 Å². The summed E-state index contributed by atoms with van der Waals surface area (Å²) >= 11 is 0. The Bertz CT molecular complexity index is 654. The molecule has 0 radical (unpaired) electrons. The maximum Gasteiger partial charge on any atom is 0.0717 e. The Morgan fingerprint density at radius 1 is 1.00 bits per heavy atom. The summed E-state index contributed by atoms with van der Waals surface area (Å²) in [6.07, 6.45) is 6.00. The van der Waals surface area contributed by atoms with Crippen LogP contribution in [-0.4, -0.2) is 9.55 Å². The Kier molecular flexibility index (Phi) is 2.69. The quantitative estimate of drug-likeness (QED) is 0.658. The van der Waals surface area contributed by atoms with Gasteiger partial charge in [0.05, 0.1) is 5.69 Å². The molecular weight excluding hydrogens is 220 g/mol. The number of aromatic nitrogens is 2. The Balaban J connectivity index is 2.00. The summed E-state index contributed by atoms with van der Waals surface area (Å²) < 4.78 is 2.12. The van der Waals surface area contributed by atoms with Crippen LogP contribution in [-0.2, 0) is 0 Å². The molecule has 3 aromatic rings. The van der Waals surface area contributed by atoms with Gasteiger partial charge in [0.25, 0.3) is 0 Å². The van der Waals surface area contributed by atoms with Crippen molar-refractivity contribution in [2.75, 3.05) is 0 Å². The maximum atomic E-state index is 4.36. The zero-order chi connectivity index (χ0) is 12.4. The van der Waals surface area contributed by atoms with E-state index in [1.54, 1.807) is 0 Å². The van der Waals surface area contributed by atoms with Crippen LogP contribution < -0.4 is 0 Å². The number of hydrogen-bond acceptors (Lipinski definition) is 1. The predicted octanol–water partition coefficient (Wildman–Crippen LogP) is 3.85. The predicted molar refractivity (Wildman–Crippen MR) is 73.7 cm³/mol. The van der Waals surface area contributed by atoms with Gasteiger partial charge in [-0.05, 0) is 42.8 Å². The van der Waals surface area contributed by atoms with Crippen LogP contribution in [0.4, 0.5) is 0 Å². The normalized spacial score (nSPS) is 10.5. The molecule has 0 aliphatic rings. The minimum atomic E-state index is 1.00. The molecule has 3 rings (SSSR count). The van der Waals surface area contributed by atoms with Gasteiger partial charge in [-0.1, -0.05) is 18.2 Å². The first-order valence-corrected chi connectivity index (χ1v) is 5.99. The Hall–Kier alpha value is -2.35. The van der Waals surface area contributed by atoms with Gasteiger partial charge in [0.1, 0.15) is 0 Å². The molecule has 2 aromatic heterocycles. The lowest BCUT2D eigenvalue weighted by atomic mass is 10.2. The molecular formula is C16H14N2. The Labute approximate surface area is 107 Å². The van der Waals surface area contributed by atoms with Crippen LogP contribution >= 0.6 is 0 Å². The van der Waals surface area contributed by atoms with Crippen molar-refractivity contribution in [3.63, 3.8) is 0 Å². The molecule has 0 atom stereocenters. The molecule has 18 heavy (non-hydrogen) atoms. The molecule has 0 N–H and O–H groups in total. The summed E-state index contributed by atoms with van der Waals surface area (Å²) in [5.74, 6) is 0. The van der Waals surface area contributed by atoms with E-state index in [4.69, 9.17) is 0 Å². The molecule has 0 unspecified atom stereocenters. The molecule has 0 amide bonds. The molecule has 0 aliphatic heterocycles. The first-order chi connectivity index (χ1) is 8.83. The van der Waals surface area contributed by atoms with E-state index in [2.05, 4.69) is 59.2 Å². The molecule has 88 valence electrons. The molecule has 2 heteroatoms. The van der Waals surface area contributed by atoms with Crippen LogP contribution in [0.15, 0.2) is 67.1 Å². The van der Waals surface area contributed by atoms with Gasteiger partial charge < -0.3 is 4.57 Å². The molecule has 1 aromatic carbocycles. The van der Waals surface area contributed by atoms with E-state index in [0.717, 1.165) is 11.3 Å². The van der Waals surface area contributed by atoms with Crippen LogP contribution in [0, 0.1) is 6.92 Å². The van der Waals surface area contributed by atoms with E-state index in [1.165, 1.54) is 11.3 Å². The second kappa shape index (κ2) is 4.49. The highest BCUT2D eigenvalue weighted by atomic mass is 14.9. The molecule has 0 bridgehead atoms. The standard InChI is InChI=1S/C16H14N2/c1-13-5-4-6-15(11-13)18-10-8-14(12-18)16-7-2-3-9-17-16/h2-12H,1H3. The summed E-state index contributed by atoms with van der Waals surface area (Å²) in [6.45, 7) is 2.10. The molecule has 2 nitrogen and oxygen atoms in total. The summed E-state index contributed by atoms with van der Waals surface area (Å²) in [5, 5.41) is 0.